The standard InChI is InChI=1S/C27H25NO4/c29-26(30)14-17-9-10-19-15-20(12-11-18(19)13-17)28-27(31)32-16-25-23-7-3-1-5-21(23)22-6-2-4-8-24(22)25/h1-10,13,20,25H,11-12,14-16H2,(H,28,31)(H,29,30). The molecule has 0 heterocycles. The summed E-state index contributed by atoms with van der Waals surface area (Å²) < 4.78 is 5.68. The molecule has 0 saturated heterocycles. The Labute approximate surface area is 187 Å². The van der Waals surface area contributed by atoms with Crippen molar-refractivity contribution in [1.82, 2.24) is 5.32 Å². The van der Waals surface area contributed by atoms with Gasteiger partial charge in [-0.15, -0.1) is 0 Å². The summed E-state index contributed by atoms with van der Waals surface area (Å²) in [4.78, 5) is 23.5. The summed E-state index contributed by atoms with van der Waals surface area (Å²) in [6.45, 7) is 0.307. The van der Waals surface area contributed by atoms with E-state index in [2.05, 4.69) is 29.6 Å². The van der Waals surface area contributed by atoms with Gasteiger partial charge in [0.15, 0.2) is 0 Å². The molecule has 0 fully saturated rings. The number of hydrogen-bond donors (Lipinski definition) is 2. The van der Waals surface area contributed by atoms with Gasteiger partial charge in [-0.3, -0.25) is 4.79 Å². The summed E-state index contributed by atoms with van der Waals surface area (Å²) in [6.07, 6.45) is 2.01. The molecular formula is C27H25NO4. The van der Waals surface area contributed by atoms with E-state index in [4.69, 9.17) is 9.84 Å². The highest BCUT2D eigenvalue weighted by atomic mass is 16.5. The molecule has 3 aromatic carbocycles. The molecule has 1 atom stereocenters. The van der Waals surface area contributed by atoms with Crippen LogP contribution in [0.15, 0.2) is 66.7 Å². The number of hydrogen-bond acceptors (Lipinski definition) is 3. The number of aryl methyl sites for hydroxylation is 1. The van der Waals surface area contributed by atoms with E-state index < -0.39 is 5.97 Å². The SMILES string of the molecule is O=C(O)Cc1ccc2c(c1)CCC(NC(=O)OCC1c3ccccc3-c3ccccc31)C2. The molecule has 5 heteroatoms. The zero-order valence-electron chi connectivity index (χ0n) is 17.7. The molecule has 5 rings (SSSR count). The van der Waals surface area contributed by atoms with Crippen molar-refractivity contribution in [3.63, 3.8) is 0 Å². The number of rotatable bonds is 5. The second kappa shape index (κ2) is 8.50. The summed E-state index contributed by atoms with van der Waals surface area (Å²) >= 11 is 0. The van der Waals surface area contributed by atoms with Gasteiger partial charge in [0.25, 0.3) is 0 Å². The molecule has 1 amide bonds. The highest BCUT2D eigenvalue weighted by molar-refractivity contribution is 5.79. The number of aliphatic carboxylic acids is 1. The highest BCUT2D eigenvalue weighted by Crippen LogP contribution is 2.44. The summed E-state index contributed by atoms with van der Waals surface area (Å²) in [6, 6.07) is 22.4. The lowest BCUT2D eigenvalue weighted by Crippen LogP contribution is -2.39. The lowest BCUT2D eigenvalue weighted by atomic mass is 9.87. The van der Waals surface area contributed by atoms with Gasteiger partial charge in [-0.25, -0.2) is 4.79 Å². The molecule has 0 radical (unpaired) electrons. The van der Waals surface area contributed by atoms with Gasteiger partial charge in [-0.2, -0.15) is 0 Å². The van der Waals surface area contributed by atoms with Crippen LogP contribution in [0, 0.1) is 0 Å². The normalized spacial score (nSPS) is 16.6. The van der Waals surface area contributed by atoms with Gasteiger partial charge >= 0.3 is 12.1 Å². The van der Waals surface area contributed by atoms with E-state index >= 15 is 0 Å². The average Bonchev–Trinajstić information content (AvgIpc) is 3.11. The third kappa shape index (κ3) is 3.98. The first-order valence-electron chi connectivity index (χ1n) is 11.0. The second-order valence-electron chi connectivity index (χ2n) is 8.58. The average molecular weight is 428 g/mol. The number of carbonyl (C=O) groups is 2. The molecule has 2 aliphatic rings. The first-order chi connectivity index (χ1) is 15.6. The van der Waals surface area contributed by atoms with Crippen LogP contribution >= 0.6 is 0 Å². The molecule has 2 aliphatic carbocycles. The van der Waals surface area contributed by atoms with Crippen molar-refractivity contribution in [1.29, 1.82) is 0 Å². The second-order valence-corrected chi connectivity index (χ2v) is 8.58. The van der Waals surface area contributed by atoms with Crippen molar-refractivity contribution in [2.45, 2.75) is 37.6 Å². The van der Waals surface area contributed by atoms with E-state index in [9.17, 15) is 9.59 Å². The Bertz CT molecular complexity index is 1140. The van der Waals surface area contributed by atoms with Crippen LogP contribution in [0.3, 0.4) is 0 Å². The van der Waals surface area contributed by atoms with Crippen molar-refractivity contribution in [3.05, 3.63) is 94.5 Å². The van der Waals surface area contributed by atoms with Crippen molar-refractivity contribution in [2.24, 2.45) is 0 Å². The van der Waals surface area contributed by atoms with Gasteiger partial charge in [-0.1, -0.05) is 66.7 Å². The number of amides is 1. The predicted octanol–water partition coefficient (Wildman–Crippen LogP) is 4.71. The third-order valence-corrected chi connectivity index (χ3v) is 6.52. The largest absolute Gasteiger partial charge is 0.481 e. The number of carbonyl (C=O) groups excluding carboxylic acids is 1. The summed E-state index contributed by atoms with van der Waals surface area (Å²) in [5.41, 5.74) is 7.98. The van der Waals surface area contributed by atoms with E-state index in [0.29, 0.717) is 6.61 Å². The zero-order valence-corrected chi connectivity index (χ0v) is 17.7. The number of fused-ring (bicyclic) bond motifs is 4. The van der Waals surface area contributed by atoms with E-state index in [1.807, 2.05) is 42.5 Å². The first-order valence-corrected chi connectivity index (χ1v) is 11.0. The Morgan fingerprint density at radius 1 is 0.938 bits per heavy atom. The van der Waals surface area contributed by atoms with Crippen LogP contribution in [0.1, 0.15) is 40.2 Å². The fourth-order valence-electron chi connectivity index (χ4n) is 5.02. The number of benzene rings is 3. The number of nitrogens with one attached hydrogen (secondary N) is 1. The van der Waals surface area contributed by atoms with E-state index in [1.54, 1.807) is 0 Å². The van der Waals surface area contributed by atoms with Gasteiger partial charge < -0.3 is 15.2 Å². The summed E-state index contributed by atoms with van der Waals surface area (Å²) in [5.74, 6) is -0.775. The quantitative estimate of drug-likeness (QED) is 0.618. The molecule has 0 spiro atoms. The minimum atomic E-state index is -0.824. The molecule has 0 aliphatic heterocycles. The van der Waals surface area contributed by atoms with Gasteiger partial charge in [0.1, 0.15) is 6.61 Å². The van der Waals surface area contributed by atoms with Crippen molar-refractivity contribution < 1.29 is 19.4 Å². The zero-order chi connectivity index (χ0) is 22.1. The van der Waals surface area contributed by atoms with E-state index in [1.165, 1.54) is 27.8 Å². The minimum absolute atomic E-state index is 0.0171. The smallest absolute Gasteiger partial charge is 0.407 e. The maximum Gasteiger partial charge on any atom is 0.407 e. The predicted molar refractivity (Wildman–Crippen MR) is 122 cm³/mol. The number of alkyl carbamates (subject to hydrolysis) is 1. The molecule has 32 heavy (non-hydrogen) atoms. The number of carboxylic acids is 1. The van der Waals surface area contributed by atoms with Crippen LogP contribution in [0.2, 0.25) is 0 Å². The van der Waals surface area contributed by atoms with Crippen molar-refractivity contribution in [2.75, 3.05) is 6.61 Å². The Hall–Kier alpha value is -3.60. The number of ether oxygens (including phenoxy) is 1. The topological polar surface area (TPSA) is 75.6 Å². The van der Waals surface area contributed by atoms with Crippen LogP contribution in [0.4, 0.5) is 4.79 Å². The number of carboxylic acid groups (broad SMARTS) is 1. The Morgan fingerprint density at radius 2 is 1.62 bits per heavy atom. The van der Waals surface area contributed by atoms with Crippen LogP contribution in [-0.4, -0.2) is 29.8 Å². The first kappa shape index (κ1) is 20.3. The summed E-state index contributed by atoms with van der Waals surface area (Å²) in [7, 11) is 0. The van der Waals surface area contributed by atoms with Gasteiger partial charge in [0.05, 0.1) is 6.42 Å². The molecule has 0 aromatic heterocycles. The monoisotopic (exact) mass is 427 g/mol. The van der Waals surface area contributed by atoms with E-state index in [-0.39, 0.29) is 24.5 Å². The lowest BCUT2D eigenvalue weighted by molar-refractivity contribution is -0.136. The van der Waals surface area contributed by atoms with Crippen molar-refractivity contribution in [3.8, 4) is 11.1 Å². The molecule has 5 nitrogen and oxygen atoms in total. The molecule has 0 bridgehead atoms. The molecule has 2 N–H and O–H groups in total. The van der Waals surface area contributed by atoms with E-state index in [0.717, 1.165) is 30.4 Å². The fraction of sp³-hybridized carbons (Fsp3) is 0.259. The molecule has 3 aromatic rings. The lowest BCUT2D eigenvalue weighted by Gasteiger charge is -2.26. The molecule has 1 unspecified atom stereocenters. The maximum atomic E-state index is 12.6. The molecule has 0 saturated carbocycles. The van der Waals surface area contributed by atoms with Crippen molar-refractivity contribution >= 4 is 12.1 Å². The Kier molecular flexibility index (Phi) is 5.39. The highest BCUT2D eigenvalue weighted by Gasteiger charge is 2.29. The van der Waals surface area contributed by atoms with Gasteiger partial charge in [0, 0.05) is 12.0 Å². The minimum Gasteiger partial charge on any atom is -0.481 e. The Morgan fingerprint density at radius 3 is 2.31 bits per heavy atom. The fourth-order valence-corrected chi connectivity index (χ4v) is 5.02. The third-order valence-electron chi connectivity index (χ3n) is 6.52. The van der Waals surface area contributed by atoms with Gasteiger partial charge in [-0.05, 0) is 58.2 Å². The Balaban J connectivity index is 1.21. The molecular weight excluding hydrogens is 402 g/mol. The van der Waals surface area contributed by atoms with Crippen LogP contribution < -0.4 is 5.32 Å². The van der Waals surface area contributed by atoms with Crippen LogP contribution in [-0.2, 0) is 28.8 Å². The summed E-state index contributed by atoms with van der Waals surface area (Å²) in [5, 5.41) is 12.0. The van der Waals surface area contributed by atoms with Crippen LogP contribution in [0.25, 0.3) is 11.1 Å². The van der Waals surface area contributed by atoms with Gasteiger partial charge in [0.2, 0.25) is 0 Å². The van der Waals surface area contributed by atoms with Crippen LogP contribution in [0.5, 0.6) is 0 Å². The molecule has 162 valence electrons. The maximum absolute atomic E-state index is 12.6.